The molecule has 6 nitrogen and oxygen atoms in total. The normalized spacial score (nSPS) is 15.0. The van der Waals surface area contributed by atoms with Crippen molar-refractivity contribution in [1.82, 2.24) is 9.80 Å². The van der Waals surface area contributed by atoms with Gasteiger partial charge in [-0.05, 0) is 23.8 Å². The molecule has 0 atom stereocenters. The molecule has 0 unspecified atom stereocenters. The molecule has 1 aliphatic heterocycles. The summed E-state index contributed by atoms with van der Waals surface area (Å²) in [5.41, 5.74) is 0.605. The van der Waals surface area contributed by atoms with Crippen molar-refractivity contribution in [3.63, 3.8) is 0 Å². The predicted molar refractivity (Wildman–Crippen MR) is 88.5 cm³/mol. The Morgan fingerprint density at radius 1 is 1.12 bits per heavy atom. The molecule has 0 saturated carbocycles. The van der Waals surface area contributed by atoms with Crippen molar-refractivity contribution in [2.24, 2.45) is 5.41 Å². The van der Waals surface area contributed by atoms with E-state index in [0.29, 0.717) is 5.56 Å². The van der Waals surface area contributed by atoms with Crippen LogP contribution in [-0.2, 0) is 9.59 Å². The van der Waals surface area contributed by atoms with Gasteiger partial charge in [-0.2, -0.15) is 5.26 Å². The molecule has 1 aromatic carbocycles. The van der Waals surface area contributed by atoms with E-state index < -0.39 is 17.4 Å². The summed E-state index contributed by atoms with van der Waals surface area (Å²) in [6, 6.07) is 8.16. The van der Waals surface area contributed by atoms with Crippen LogP contribution in [0.5, 0.6) is 0 Å². The highest BCUT2D eigenvalue weighted by atomic mass is 16.2. The van der Waals surface area contributed by atoms with Crippen molar-refractivity contribution in [3.05, 3.63) is 41.5 Å². The first-order valence-electron chi connectivity index (χ1n) is 7.59. The molecule has 1 fully saturated rings. The van der Waals surface area contributed by atoms with Crippen molar-refractivity contribution < 1.29 is 14.4 Å². The molecule has 4 amide bonds. The van der Waals surface area contributed by atoms with Crippen molar-refractivity contribution >= 4 is 23.9 Å². The first kappa shape index (κ1) is 17.4. The standard InChI is InChI=1S/C18H19N3O3/c1-18(2,3)16(23)21-11-10-20(17(21)24)15(22)9-8-13-4-6-14(12-19)7-5-13/h4-9H,10-11H2,1-3H3/b9-8+. The molecule has 2 rings (SSSR count). The molecule has 1 aromatic rings. The van der Waals surface area contributed by atoms with Gasteiger partial charge in [0.25, 0.3) is 5.91 Å². The van der Waals surface area contributed by atoms with Crippen LogP contribution >= 0.6 is 0 Å². The minimum absolute atomic E-state index is 0.192. The van der Waals surface area contributed by atoms with Gasteiger partial charge in [-0.25, -0.2) is 4.79 Å². The summed E-state index contributed by atoms with van der Waals surface area (Å²) in [5, 5.41) is 8.75. The molecule has 0 bridgehead atoms. The number of hydrogen-bond acceptors (Lipinski definition) is 4. The Morgan fingerprint density at radius 2 is 1.71 bits per heavy atom. The van der Waals surface area contributed by atoms with E-state index in [4.69, 9.17) is 5.26 Å². The highest BCUT2D eigenvalue weighted by molar-refractivity contribution is 6.08. The third kappa shape index (κ3) is 3.69. The van der Waals surface area contributed by atoms with E-state index in [9.17, 15) is 14.4 Å². The number of imide groups is 2. The third-order valence-corrected chi connectivity index (χ3v) is 3.62. The van der Waals surface area contributed by atoms with Gasteiger partial charge < -0.3 is 0 Å². The van der Waals surface area contributed by atoms with Crippen LogP contribution in [-0.4, -0.2) is 40.7 Å². The number of nitriles is 1. The van der Waals surface area contributed by atoms with Crippen LogP contribution in [0.2, 0.25) is 0 Å². The van der Waals surface area contributed by atoms with E-state index in [1.54, 1.807) is 51.1 Å². The Balaban J connectivity index is 2.05. The Kier molecular flexibility index (Phi) is 4.84. The molecule has 0 N–H and O–H groups in total. The van der Waals surface area contributed by atoms with Crippen LogP contribution in [0.25, 0.3) is 6.08 Å². The zero-order valence-corrected chi connectivity index (χ0v) is 13.9. The summed E-state index contributed by atoms with van der Waals surface area (Å²) in [6.45, 7) is 5.61. The summed E-state index contributed by atoms with van der Waals surface area (Å²) in [7, 11) is 0. The maximum absolute atomic E-state index is 12.3. The molecule has 6 heteroatoms. The second kappa shape index (κ2) is 6.67. The second-order valence-corrected chi connectivity index (χ2v) is 6.55. The maximum atomic E-state index is 12.3. The van der Waals surface area contributed by atoms with Crippen molar-refractivity contribution in [2.75, 3.05) is 13.1 Å². The number of benzene rings is 1. The first-order valence-corrected chi connectivity index (χ1v) is 7.59. The maximum Gasteiger partial charge on any atom is 0.333 e. The fraction of sp³-hybridized carbons (Fsp3) is 0.333. The molecule has 1 heterocycles. The molecular formula is C18H19N3O3. The molecular weight excluding hydrogens is 306 g/mol. The van der Waals surface area contributed by atoms with E-state index in [0.717, 1.165) is 15.4 Å². The SMILES string of the molecule is CC(C)(C)C(=O)N1CCN(C(=O)/C=C/c2ccc(C#N)cc2)C1=O. The smallest absolute Gasteiger partial charge is 0.274 e. The lowest BCUT2D eigenvalue weighted by atomic mass is 9.95. The quantitative estimate of drug-likeness (QED) is 0.782. The molecule has 124 valence electrons. The fourth-order valence-electron chi connectivity index (χ4n) is 2.26. The number of carbonyl (C=O) groups excluding carboxylic acids is 3. The van der Waals surface area contributed by atoms with Gasteiger partial charge in [0.2, 0.25) is 5.91 Å². The van der Waals surface area contributed by atoms with Gasteiger partial charge in [-0.3, -0.25) is 19.4 Å². The van der Waals surface area contributed by atoms with Gasteiger partial charge in [0.05, 0.1) is 11.6 Å². The molecule has 1 aliphatic rings. The Hall–Kier alpha value is -2.94. The summed E-state index contributed by atoms with van der Waals surface area (Å²) in [6.07, 6.45) is 2.87. The molecule has 0 spiro atoms. The van der Waals surface area contributed by atoms with Gasteiger partial charge >= 0.3 is 6.03 Å². The lowest BCUT2D eigenvalue weighted by Gasteiger charge is -2.23. The lowest BCUT2D eigenvalue weighted by Crippen LogP contribution is -2.43. The number of carbonyl (C=O) groups is 3. The minimum Gasteiger partial charge on any atom is -0.274 e. The number of nitrogens with zero attached hydrogens (tertiary/aromatic N) is 3. The monoisotopic (exact) mass is 325 g/mol. The zero-order chi connectivity index (χ0) is 17.9. The van der Waals surface area contributed by atoms with Gasteiger partial charge in [-0.15, -0.1) is 0 Å². The van der Waals surface area contributed by atoms with Gasteiger partial charge in [0, 0.05) is 24.6 Å². The van der Waals surface area contributed by atoms with Crippen LogP contribution in [0.4, 0.5) is 4.79 Å². The van der Waals surface area contributed by atoms with Crippen molar-refractivity contribution in [2.45, 2.75) is 20.8 Å². The third-order valence-electron chi connectivity index (χ3n) is 3.62. The van der Waals surface area contributed by atoms with Crippen LogP contribution in [0.3, 0.4) is 0 Å². The van der Waals surface area contributed by atoms with Gasteiger partial charge in [0.15, 0.2) is 0 Å². The Labute approximate surface area is 141 Å². The molecule has 0 aliphatic carbocycles. The summed E-state index contributed by atoms with van der Waals surface area (Å²) < 4.78 is 0. The predicted octanol–water partition coefficient (Wildman–Crippen LogP) is 2.41. The fourth-order valence-corrected chi connectivity index (χ4v) is 2.26. The number of hydrogen-bond donors (Lipinski definition) is 0. The molecule has 24 heavy (non-hydrogen) atoms. The summed E-state index contributed by atoms with van der Waals surface area (Å²) in [4.78, 5) is 38.9. The average Bonchev–Trinajstić information content (AvgIpc) is 2.93. The Morgan fingerprint density at radius 3 is 2.25 bits per heavy atom. The summed E-state index contributed by atoms with van der Waals surface area (Å²) >= 11 is 0. The van der Waals surface area contributed by atoms with E-state index in [-0.39, 0.29) is 19.0 Å². The highest BCUT2D eigenvalue weighted by Crippen LogP contribution is 2.21. The van der Waals surface area contributed by atoms with Crippen molar-refractivity contribution in [3.8, 4) is 6.07 Å². The average molecular weight is 325 g/mol. The molecule has 1 saturated heterocycles. The van der Waals surface area contributed by atoms with E-state index in [2.05, 4.69) is 0 Å². The molecule has 0 aromatic heterocycles. The van der Waals surface area contributed by atoms with Crippen LogP contribution < -0.4 is 0 Å². The van der Waals surface area contributed by atoms with E-state index in [1.165, 1.54) is 6.08 Å². The Bertz CT molecular complexity index is 736. The highest BCUT2D eigenvalue weighted by Gasteiger charge is 2.39. The number of urea groups is 1. The van der Waals surface area contributed by atoms with E-state index >= 15 is 0 Å². The van der Waals surface area contributed by atoms with Crippen LogP contribution in [0, 0.1) is 16.7 Å². The van der Waals surface area contributed by atoms with Gasteiger partial charge in [0.1, 0.15) is 0 Å². The molecule has 0 radical (unpaired) electrons. The number of rotatable bonds is 2. The largest absolute Gasteiger partial charge is 0.333 e. The van der Waals surface area contributed by atoms with Crippen LogP contribution in [0.1, 0.15) is 31.9 Å². The van der Waals surface area contributed by atoms with Crippen LogP contribution in [0.15, 0.2) is 30.3 Å². The van der Waals surface area contributed by atoms with Crippen molar-refractivity contribution in [1.29, 1.82) is 5.26 Å². The minimum atomic E-state index is -0.674. The van der Waals surface area contributed by atoms with E-state index in [1.807, 2.05) is 6.07 Å². The number of amides is 4. The lowest BCUT2D eigenvalue weighted by molar-refractivity contribution is -0.135. The first-order chi connectivity index (χ1) is 11.2. The topological polar surface area (TPSA) is 81.5 Å². The van der Waals surface area contributed by atoms with Gasteiger partial charge in [-0.1, -0.05) is 32.9 Å². The second-order valence-electron chi connectivity index (χ2n) is 6.55. The zero-order valence-electron chi connectivity index (χ0n) is 13.9. The summed E-state index contributed by atoms with van der Waals surface area (Å²) in [5.74, 6) is -0.757.